The maximum atomic E-state index is 11.4. The Morgan fingerprint density at radius 2 is 2.00 bits per heavy atom. The van der Waals surface area contributed by atoms with E-state index in [-0.39, 0.29) is 6.09 Å². The molecule has 0 saturated heterocycles. The lowest BCUT2D eigenvalue weighted by atomic mass is 10.1. The molecule has 0 unspecified atom stereocenters. The van der Waals surface area contributed by atoms with Crippen LogP contribution in [0.4, 0.5) is 4.79 Å². The fourth-order valence-corrected chi connectivity index (χ4v) is 1.82. The predicted molar refractivity (Wildman–Crippen MR) is 56.2 cm³/mol. The topological polar surface area (TPSA) is 38.3 Å². The first-order chi connectivity index (χ1) is 6.38. The van der Waals surface area contributed by atoms with Crippen LogP contribution in [0.25, 0.3) is 0 Å². The SMILES string of the molecule is C[C@H]1CCC[C@H]1NC(=O)OC(C)(C)C. The van der Waals surface area contributed by atoms with Crippen LogP contribution >= 0.6 is 0 Å². The molecule has 0 aromatic rings. The maximum absolute atomic E-state index is 11.4. The quantitative estimate of drug-likeness (QED) is 0.705. The van der Waals surface area contributed by atoms with Gasteiger partial charge < -0.3 is 10.1 Å². The molecule has 1 rings (SSSR count). The number of hydrogen-bond acceptors (Lipinski definition) is 2. The van der Waals surface area contributed by atoms with Crippen LogP contribution in [0.3, 0.4) is 0 Å². The lowest BCUT2D eigenvalue weighted by Gasteiger charge is -2.23. The van der Waals surface area contributed by atoms with Crippen LogP contribution in [0.15, 0.2) is 0 Å². The minimum absolute atomic E-state index is 0.281. The smallest absolute Gasteiger partial charge is 0.407 e. The fourth-order valence-electron chi connectivity index (χ4n) is 1.82. The summed E-state index contributed by atoms with van der Waals surface area (Å²) in [7, 11) is 0. The van der Waals surface area contributed by atoms with Crippen molar-refractivity contribution in [1.82, 2.24) is 5.32 Å². The molecular weight excluding hydrogens is 178 g/mol. The number of amides is 1. The third kappa shape index (κ3) is 3.56. The third-order valence-corrected chi connectivity index (χ3v) is 2.56. The molecule has 0 aromatic carbocycles. The van der Waals surface area contributed by atoms with Gasteiger partial charge in [0.1, 0.15) is 5.60 Å². The van der Waals surface area contributed by atoms with E-state index in [1.165, 1.54) is 12.8 Å². The summed E-state index contributed by atoms with van der Waals surface area (Å²) < 4.78 is 5.20. The molecule has 3 heteroatoms. The van der Waals surface area contributed by atoms with Crippen molar-refractivity contribution in [1.29, 1.82) is 0 Å². The summed E-state index contributed by atoms with van der Waals surface area (Å²) in [4.78, 5) is 11.4. The van der Waals surface area contributed by atoms with Gasteiger partial charge in [0.15, 0.2) is 0 Å². The van der Waals surface area contributed by atoms with Crippen LogP contribution in [-0.2, 0) is 4.74 Å². The van der Waals surface area contributed by atoms with Gasteiger partial charge >= 0.3 is 6.09 Å². The number of rotatable bonds is 1. The summed E-state index contributed by atoms with van der Waals surface area (Å²) >= 11 is 0. The van der Waals surface area contributed by atoms with E-state index in [0.717, 1.165) is 6.42 Å². The molecule has 14 heavy (non-hydrogen) atoms. The molecule has 1 saturated carbocycles. The second kappa shape index (κ2) is 4.20. The lowest BCUT2D eigenvalue weighted by molar-refractivity contribution is 0.0495. The second-order valence-electron chi connectivity index (χ2n) is 5.16. The molecule has 1 aliphatic rings. The van der Waals surface area contributed by atoms with Gasteiger partial charge in [-0.15, -0.1) is 0 Å². The van der Waals surface area contributed by atoms with E-state index in [9.17, 15) is 4.79 Å². The van der Waals surface area contributed by atoms with E-state index in [4.69, 9.17) is 4.74 Å². The minimum atomic E-state index is -0.397. The summed E-state index contributed by atoms with van der Waals surface area (Å²) in [5.41, 5.74) is -0.397. The molecule has 0 aliphatic heterocycles. The predicted octanol–water partition coefficient (Wildman–Crippen LogP) is 2.70. The van der Waals surface area contributed by atoms with Crippen molar-refractivity contribution in [2.45, 2.75) is 58.6 Å². The van der Waals surface area contributed by atoms with Crippen LogP contribution in [0.2, 0.25) is 0 Å². The molecule has 1 N–H and O–H groups in total. The van der Waals surface area contributed by atoms with E-state index in [0.29, 0.717) is 12.0 Å². The zero-order valence-electron chi connectivity index (χ0n) is 9.59. The highest BCUT2D eigenvalue weighted by Gasteiger charge is 2.26. The van der Waals surface area contributed by atoms with Crippen molar-refractivity contribution >= 4 is 6.09 Å². The normalized spacial score (nSPS) is 27.4. The van der Waals surface area contributed by atoms with Crippen molar-refractivity contribution in [3.63, 3.8) is 0 Å². The molecular formula is C11H21NO2. The number of nitrogens with one attached hydrogen (secondary N) is 1. The number of hydrogen-bond donors (Lipinski definition) is 1. The van der Waals surface area contributed by atoms with E-state index >= 15 is 0 Å². The van der Waals surface area contributed by atoms with E-state index in [2.05, 4.69) is 12.2 Å². The number of alkyl carbamates (subject to hydrolysis) is 1. The Labute approximate surface area is 86.2 Å². The Bertz CT molecular complexity index is 208. The molecule has 1 amide bonds. The Hall–Kier alpha value is -0.730. The largest absolute Gasteiger partial charge is 0.444 e. The van der Waals surface area contributed by atoms with Crippen molar-refractivity contribution in [2.75, 3.05) is 0 Å². The lowest BCUT2D eigenvalue weighted by Crippen LogP contribution is -2.40. The Kier molecular flexibility index (Phi) is 3.40. The van der Waals surface area contributed by atoms with Crippen molar-refractivity contribution in [2.24, 2.45) is 5.92 Å². The van der Waals surface area contributed by atoms with Crippen LogP contribution < -0.4 is 5.32 Å². The maximum Gasteiger partial charge on any atom is 0.407 e. The van der Waals surface area contributed by atoms with E-state index < -0.39 is 5.60 Å². The standard InChI is InChI=1S/C11H21NO2/c1-8-6-5-7-9(8)12-10(13)14-11(2,3)4/h8-9H,5-7H2,1-4H3,(H,12,13)/t8-,9+/m0/s1. The van der Waals surface area contributed by atoms with Gasteiger partial charge in [-0.05, 0) is 39.5 Å². The molecule has 2 atom stereocenters. The van der Waals surface area contributed by atoms with Crippen LogP contribution in [0.1, 0.15) is 47.0 Å². The molecule has 1 fully saturated rings. The first-order valence-corrected chi connectivity index (χ1v) is 5.38. The highest BCUT2D eigenvalue weighted by Crippen LogP contribution is 2.25. The first kappa shape index (κ1) is 11.3. The van der Waals surface area contributed by atoms with Gasteiger partial charge in [0, 0.05) is 6.04 Å². The zero-order chi connectivity index (χ0) is 10.8. The molecule has 0 radical (unpaired) electrons. The second-order valence-corrected chi connectivity index (χ2v) is 5.16. The summed E-state index contributed by atoms with van der Waals surface area (Å²) in [5, 5.41) is 2.92. The summed E-state index contributed by atoms with van der Waals surface area (Å²) in [6.07, 6.45) is 3.22. The fraction of sp³-hybridized carbons (Fsp3) is 0.909. The Morgan fingerprint density at radius 3 is 2.43 bits per heavy atom. The molecule has 0 heterocycles. The van der Waals surface area contributed by atoms with Gasteiger partial charge in [-0.3, -0.25) is 0 Å². The molecule has 1 aliphatic carbocycles. The third-order valence-electron chi connectivity index (χ3n) is 2.56. The van der Waals surface area contributed by atoms with Crippen molar-refractivity contribution in [3.05, 3.63) is 0 Å². The van der Waals surface area contributed by atoms with Gasteiger partial charge in [-0.2, -0.15) is 0 Å². The molecule has 82 valence electrons. The molecule has 0 spiro atoms. The first-order valence-electron chi connectivity index (χ1n) is 5.38. The average Bonchev–Trinajstić information content (AvgIpc) is 2.32. The highest BCUT2D eigenvalue weighted by atomic mass is 16.6. The summed E-state index contributed by atoms with van der Waals surface area (Å²) in [5.74, 6) is 0.586. The monoisotopic (exact) mass is 199 g/mol. The highest BCUT2D eigenvalue weighted by molar-refractivity contribution is 5.68. The van der Waals surface area contributed by atoms with Crippen LogP contribution in [-0.4, -0.2) is 17.7 Å². The number of carbonyl (C=O) groups is 1. The van der Waals surface area contributed by atoms with Gasteiger partial charge in [-0.25, -0.2) is 4.79 Å². The van der Waals surface area contributed by atoms with Crippen molar-refractivity contribution in [3.8, 4) is 0 Å². The Morgan fingerprint density at radius 1 is 1.36 bits per heavy atom. The minimum Gasteiger partial charge on any atom is -0.444 e. The van der Waals surface area contributed by atoms with Crippen molar-refractivity contribution < 1.29 is 9.53 Å². The average molecular weight is 199 g/mol. The van der Waals surface area contributed by atoms with E-state index in [1.54, 1.807) is 0 Å². The Balaban J connectivity index is 2.33. The molecule has 3 nitrogen and oxygen atoms in total. The number of ether oxygens (including phenoxy) is 1. The van der Waals surface area contributed by atoms with Crippen LogP contribution in [0.5, 0.6) is 0 Å². The van der Waals surface area contributed by atoms with E-state index in [1.807, 2.05) is 20.8 Å². The van der Waals surface area contributed by atoms with Crippen LogP contribution in [0, 0.1) is 5.92 Å². The van der Waals surface area contributed by atoms with Gasteiger partial charge in [0.25, 0.3) is 0 Å². The molecule has 0 bridgehead atoms. The molecule has 0 aromatic heterocycles. The van der Waals surface area contributed by atoms with Gasteiger partial charge in [-0.1, -0.05) is 13.3 Å². The zero-order valence-corrected chi connectivity index (χ0v) is 9.59. The summed E-state index contributed by atoms with van der Waals surface area (Å²) in [6, 6.07) is 0.310. The van der Waals surface area contributed by atoms with Gasteiger partial charge in [0.05, 0.1) is 0 Å². The van der Waals surface area contributed by atoms with Gasteiger partial charge in [0.2, 0.25) is 0 Å². The summed E-state index contributed by atoms with van der Waals surface area (Å²) in [6.45, 7) is 7.81. The number of carbonyl (C=O) groups excluding carboxylic acids is 1.